The van der Waals surface area contributed by atoms with Gasteiger partial charge in [0, 0.05) is 51.5 Å². The van der Waals surface area contributed by atoms with Gasteiger partial charge in [0.15, 0.2) is 0 Å². The average molecular weight is 350 g/mol. The van der Waals surface area contributed by atoms with Crippen molar-refractivity contribution in [2.45, 2.75) is 13.3 Å². The van der Waals surface area contributed by atoms with Crippen molar-refractivity contribution in [1.82, 2.24) is 9.88 Å². The Morgan fingerprint density at radius 1 is 0.962 bits per heavy atom. The van der Waals surface area contributed by atoms with Crippen LogP contribution in [0.5, 0.6) is 0 Å². The first-order valence-electron chi connectivity index (χ1n) is 9.00. The molecule has 1 aromatic heterocycles. The molecule has 0 radical (unpaired) electrons. The average Bonchev–Trinajstić information content (AvgIpc) is 3.12. The monoisotopic (exact) mass is 350 g/mol. The van der Waals surface area contributed by atoms with E-state index in [0.29, 0.717) is 25.2 Å². The largest absolute Gasteiger partial charge is 0.353 e. The molecule has 134 valence electrons. The van der Waals surface area contributed by atoms with E-state index in [4.69, 9.17) is 0 Å². The molecule has 1 fully saturated rings. The molecular weight excluding hydrogens is 328 g/mol. The summed E-state index contributed by atoms with van der Waals surface area (Å²) in [4.78, 5) is 34.6. The Morgan fingerprint density at radius 3 is 2.42 bits per heavy atom. The third kappa shape index (κ3) is 3.03. The second-order valence-electron chi connectivity index (χ2n) is 6.73. The fraction of sp³-hybridized carbons (Fsp3) is 0.350. The van der Waals surface area contributed by atoms with E-state index in [9.17, 15) is 9.59 Å². The van der Waals surface area contributed by atoms with Gasteiger partial charge < -0.3 is 14.7 Å². The number of para-hydroxylation sites is 1. The number of nitrogens with zero attached hydrogens (tertiary/aromatic N) is 4. The number of carbonyl (C=O) groups is 2. The van der Waals surface area contributed by atoms with Gasteiger partial charge in [0.1, 0.15) is 5.82 Å². The molecule has 0 bridgehead atoms. The summed E-state index contributed by atoms with van der Waals surface area (Å²) in [6.07, 6.45) is 2.56. The summed E-state index contributed by atoms with van der Waals surface area (Å²) >= 11 is 0. The number of pyridine rings is 1. The lowest BCUT2D eigenvalue weighted by atomic mass is 10.2. The first-order valence-corrected chi connectivity index (χ1v) is 9.00. The van der Waals surface area contributed by atoms with Crippen molar-refractivity contribution in [1.29, 1.82) is 0 Å². The van der Waals surface area contributed by atoms with E-state index in [1.165, 1.54) is 5.56 Å². The van der Waals surface area contributed by atoms with Gasteiger partial charge in [-0.1, -0.05) is 18.2 Å². The van der Waals surface area contributed by atoms with Crippen LogP contribution in [0.2, 0.25) is 0 Å². The third-order valence-corrected chi connectivity index (χ3v) is 5.18. The smallest absolute Gasteiger partial charge is 0.259 e. The van der Waals surface area contributed by atoms with E-state index in [2.05, 4.69) is 16.0 Å². The van der Waals surface area contributed by atoms with Crippen LogP contribution in [0.3, 0.4) is 0 Å². The molecule has 2 aliphatic rings. The Hall–Kier alpha value is -2.89. The highest BCUT2D eigenvalue weighted by molar-refractivity contribution is 6.07. The van der Waals surface area contributed by atoms with Gasteiger partial charge in [0.25, 0.3) is 5.91 Å². The zero-order valence-corrected chi connectivity index (χ0v) is 14.9. The van der Waals surface area contributed by atoms with Gasteiger partial charge in [-0.2, -0.15) is 0 Å². The van der Waals surface area contributed by atoms with Crippen LogP contribution >= 0.6 is 0 Å². The van der Waals surface area contributed by atoms with E-state index in [1.807, 2.05) is 40.1 Å². The molecule has 0 atom stereocenters. The van der Waals surface area contributed by atoms with Crippen LogP contribution in [0.1, 0.15) is 22.8 Å². The van der Waals surface area contributed by atoms with Crippen LogP contribution in [0.4, 0.5) is 11.5 Å². The molecule has 2 amide bonds. The van der Waals surface area contributed by atoms with Gasteiger partial charge in [-0.25, -0.2) is 4.98 Å². The number of hydrogen-bond donors (Lipinski definition) is 0. The van der Waals surface area contributed by atoms with Crippen molar-refractivity contribution in [3.63, 3.8) is 0 Å². The third-order valence-electron chi connectivity index (χ3n) is 5.18. The Bertz CT molecular complexity index is 826. The highest BCUT2D eigenvalue weighted by Crippen LogP contribution is 2.29. The zero-order valence-electron chi connectivity index (χ0n) is 14.9. The van der Waals surface area contributed by atoms with Crippen molar-refractivity contribution < 1.29 is 9.59 Å². The molecule has 3 heterocycles. The Labute approximate surface area is 153 Å². The molecule has 0 spiro atoms. The molecule has 2 aromatic rings. The molecule has 1 aromatic carbocycles. The van der Waals surface area contributed by atoms with Crippen molar-refractivity contribution in [3.8, 4) is 0 Å². The lowest BCUT2D eigenvalue weighted by Crippen LogP contribution is -2.48. The Kier molecular flexibility index (Phi) is 4.32. The zero-order chi connectivity index (χ0) is 18.1. The van der Waals surface area contributed by atoms with Crippen LogP contribution in [0, 0.1) is 0 Å². The summed E-state index contributed by atoms with van der Waals surface area (Å²) < 4.78 is 0. The molecule has 4 rings (SSSR count). The fourth-order valence-corrected chi connectivity index (χ4v) is 3.66. The lowest BCUT2D eigenvalue weighted by Gasteiger charge is -2.34. The number of benzene rings is 1. The fourth-order valence-electron chi connectivity index (χ4n) is 3.66. The number of aromatic nitrogens is 1. The van der Waals surface area contributed by atoms with Crippen LogP contribution in [0.15, 0.2) is 42.6 Å². The van der Waals surface area contributed by atoms with E-state index >= 15 is 0 Å². The molecule has 1 saturated heterocycles. The summed E-state index contributed by atoms with van der Waals surface area (Å²) in [7, 11) is 0. The maximum absolute atomic E-state index is 12.8. The summed E-state index contributed by atoms with van der Waals surface area (Å²) in [5.41, 5.74) is 2.82. The molecule has 26 heavy (non-hydrogen) atoms. The maximum Gasteiger partial charge on any atom is 0.259 e. The van der Waals surface area contributed by atoms with Gasteiger partial charge in [0.2, 0.25) is 5.91 Å². The molecule has 0 unspecified atom stereocenters. The standard InChI is InChI=1S/C20H22N4O2/c1-15(25)22-10-12-23(13-11-22)19-7-6-17(14-21-19)20(26)24-9-8-16-4-2-3-5-18(16)24/h2-7,14H,8-13H2,1H3. The predicted octanol–water partition coefficient (Wildman–Crippen LogP) is 1.95. The van der Waals surface area contributed by atoms with E-state index in [0.717, 1.165) is 31.0 Å². The number of piperazine rings is 1. The minimum Gasteiger partial charge on any atom is -0.353 e. The first-order chi connectivity index (χ1) is 12.6. The minimum atomic E-state index is -0.00426. The highest BCUT2D eigenvalue weighted by atomic mass is 16.2. The Balaban J connectivity index is 1.45. The molecular formula is C20H22N4O2. The number of carbonyl (C=O) groups excluding carboxylic acids is 2. The highest BCUT2D eigenvalue weighted by Gasteiger charge is 2.26. The lowest BCUT2D eigenvalue weighted by molar-refractivity contribution is -0.129. The first kappa shape index (κ1) is 16.6. The van der Waals surface area contributed by atoms with E-state index in [-0.39, 0.29) is 11.8 Å². The topological polar surface area (TPSA) is 56.8 Å². The van der Waals surface area contributed by atoms with Gasteiger partial charge in [-0.3, -0.25) is 9.59 Å². The van der Waals surface area contributed by atoms with Gasteiger partial charge >= 0.3 is 0 Å². The van der Waals surface area contributed by atoms with Crippen molar-refractivity contribution in [2.75, 3.05) is 42.5 Å². The number of anilines is 2. The van der Waals surface area contributed by atoms with Crippen LogP contribution in [-0.4, -0.2) is 54.4 Å². The molecule has 2 aliphatic heterocycles. The number of fused-ring (bicyclic) bond motifs is 1. The SMILES string of the molecule is CC(=O)N1CCN(c2ccc(C(=O)N3CCc4ccccc43)cn2)CC1. The molecule has 6 heteroatoms. The quantitative estimate of drug-likeness (QED) is 0.831. The molecule has 0 N–H and O–H groups in total. The summed E-state index contributed by atoms with van der Waals surface area (Å²) in [6, 6.07) is 11.8. The second-order valence-corrected chi connectivity index (χ2v) is 6.73. The van der Waals surface area contributed by atoms with Crippen LogP contribution in [0.25, 0.3) is 0 Å². The van der Waals surface area contributed by atoms with Gasteiger partial charge in [-0.15, -0.1) is 0 Å². The molecule has 0 aliphatic carbocycles. The maximum atomic E-state index is 12.8. The van der Waals surface area contributed by atoms with Gasteiger partial charge in [0.05, 0.1) is 5.56 Å². The second kappa shape index (κ2) is 6.78. The van der Waals surface area contributed by atoms with Gasteiger partial charge in [-0.05, 0) is 30.2 Å². The summed E-state index contributed by atoms with van der Waals surface area (Å²) in [5.74, 6) is 0.964. The summed E-state index contributed by atoms with van der Waals surface area (Å²) in [6.45, 7) is 5.26. The van der Waals surface area contributed by atoms with E-state index < -0.39 is 0 Å². The van der Waals surface area contributed by atoms with Crippen molar-refractivity contribution in [3.05, 3.63) is 53.7 Å². The van der Waals surface area contributed by atoms with Crippen LogP contribution < -0.4 is 9.80 Å². The van der Waals surface area contributed by atoms with Crippen molar-refractivity contribution >= 4 is 23.3 Å². The minimum absolute atomic E-state index is 0.00426. The van der Waals surface area contributed by atoms with Crippen LogP contribution in [-0.2, 0) is 11.2 Å². The predicted molar refractivity (Wildman–Crippen MR) is 101 cm³/mol. The van der Waals surface area contributed by atoms with E-state index in [1.54, 1.807) is 13.1 Å². The molecule has 6 nitrogen and oxygen atoms in total. The summed E-state index contributed by atoms with van der Waals surface area (Å²) in [5, 5.41) is 0. The number of rotatable bonds is 2. The number of hydrogen-bond acceptors (Lipinski definition) is 4. The molecule has 0 saturated carbocycles. The number of amides is 2. The normalized spacial score (nSPS) is 16.6. The van der Waals surface area contributed by atoms with Crippen molar-refractivity contribution in [2.24, 2.45) is 0 Å². The Morgan fingerprint density at radius 2 is 1.73 bits per heavy atom.